The number of H-pyrrole nitrogens is 1. The van der Waals surface area contributed by atoms with Gasteiger partial charge < -0.3 is 19.6 Å². The first kappa shape index (κ1) is 17.6. The number of benzene rings is 1. The van der Waals surface area contributed by atoms with E-state index >= 15 is 0 Å². The molecule has 142 valence electrons. The number of anilines is 1. The highest BCUT2D eigenvalue weighted by molar-refractivity contribution is 6.03. The number of halogens is 2. The van der Waals surface area contributed by atoms with Crippen LogP contribution >= 0.6 is 0 Å². The van der Waals surface area contributed by atoms with Gasteiger partial charge in [-0.2, -0.15) is 0 Å². The zero-order chi connectivity index (χ0) is 19.1. The summed E-state index contributed by atoms with van der Waals surface area (Å²) in [4.78, 5) is 25.9. The van der Waals surface area contributed by atoms with Crippen molar-refractivity contribution >= 4 is 22.6 Å². The molecule has 0 saturated heterocycles. The highest BCUT2D eigenvalue weighted by Crippen LogP contribution is 2.41. The molecule has 0 atom stereocenters. The van der Waals surface area contributed by atoms with Gasteiger partial charge in [-0.3, -0.25) is 4.79 Å². The van der Waals surface area contributed by atoms with Gasteiger partial charge in [-0.1, -0.05) is 0 Å². The number of nitrogens with one attached hydrogen (secondary N) is 2. The highest BCUT2D eigenvalue weighted by atomic mass is 19.3. The van der Waals surface area contributed by atoms with Crippen LogP contribution in [0.3, 0.4) is 0 Å². The van der Waals surface area contributed by atoms with Crippen LogP contribution in [-0.2, 0) is 6.54 Å². The zero-order valence-electron chi connectivity index (χ0n) is 14.9. The van der Waals surface area contributed by atoms with E-state index in [9.17, 15) is 13.6 Å². The summed E-state index contributed by atoms with van der Waals surface area (Å²) in [5, 5.41) is 2.60. The second kappa shape index (κ2) is 6.73. The van der Waals surface area contributed by atoms with Crippen LogP contribution in [0.25, 0.3) is 11.0 Å². The Labute approximate surface area is 153 Å². The molecule has 1 amide bonds. The lowest BCUT2D eigenvalue weighted by Gasteiger charge is -2.05. The Hall–Kier alpha value is -2.81. The van der Waals surface area contributed by atoms with Gasteiger partial charge in [0.15, 0.2) is 11.6 Å². The van der Waals surface area contributed by atoms with E-state index in [1.165, 1.54) is 0 Å². The van der Waals surface area contributed by atoms with Crippen LogP contribution in [0.4, 0.5) is 14.5 Å². The van der Waals surface area contributed by atoms with Crippen molar-refractivity contribution in [3.63, 3.8) is 0 Å². The number of imidazole rings is 1. The van der Waals surface area contributed by atoms with Crippen molar-refractivity contribution < 1.29 is 18.0 Å². The number of amides is 1. The Bertz CT molecular complexity index is 991. The lowest BCUT2D eigenvalue weighted by molar-refractivity contribution is 0.0975. The van der Waals surface area contributed by atoms with E-state index < -0.39 is 23.8 Å². The van der Waals surface area contributed by atoms with Crippen LogP contribution in [0.2, 0.25) is 0 Å². The van der Waals surface area contributed by atoms with E-state index in [-0.39, 0.29) is 11.8 Å². The Kier molecular flexibility index (Phi) is 4.39. The quantitative estimate of drug-likeness (QED) is 0.686. The molecule has 0 unspecified atom stereocenters. The summed E-state index contributed by atoms with van der Waals surface area (Å²) in [5.74, 6) is -0.113. The second-order valence-corrected chi connectivity index (χ2v) is 6.95. The van der Waals surface area contributed by atoms with E-state index in [4.69, 9.17) is 4.42 Å². The smallest absolute Gasteiger partial charge is 0.293 e. The fraction of sp³-hybridized carbons (Fsp3) is 0.389. The molecule has 3 aromatic rings. The molecule has 2 N–H and O–H groups in total. The topological polar surface area (TPSA) is 87.1 Å². The number of aromatic amines is 1. The minimum atomic E-state index is -2.87. The molecule has 0 radical (unpaired) electrons. The summed E-state index contributed by atoms with van der Waals surface area (Å²) in [6.45, 7) is 0.649. The predicted octanol–water partition coefficient (Wildman–Crippen LogP) is 3.68. The highest BCUT2D eigenvalue weighted by Gasteiger charge is 2.34. The van der Waals surface area contributed by atoms with Crippen molar-refractivity contribution in [3.8, 4) is 0 Å². The Balaban J connectivity index is 1.57. The lowest BCUT2D eigenvalue weighted by atomic mass is 10.2. The number of rotatable bonds is 6. The van der Waals surface area contributed by atoms with Crippen LogP contribution in [0.5, 0.6) is 0 Å². The lowest BCUT2D eigenvalue weighted by Crippen LogP contribution is -2.13. The summed E-state index contributed by atoms with van der Waals surface area (Å²) in [7, 11) is 3.87. The standard InChI is InChI=1S/C18H19F2N5O2/c1-25(2)8-13-22-11-6-5-10(7-12(11)23-13)21-17(26)15-14(16(19)20)24-18(27-15)9-3-4-9/h5-7,9,16H,3-4,8H2,1-2H3,(H,21,26)(H,22,23). The molecule has 1 aliphatic rings. The number of nitrogens with zero attached hydrogens (tertiary/aromatic N) is 3. The average molecular weight is 375 g/mol. The molecule has 0 aliphatic heterocycles. The van der Waals surface area contributed by atoms with Gasteiger partial charge in [-0.15, -0.1) is 0 Å². The number of oxazole rings is 1. The van der Waals surface area contributed by atoms with Crippen LogP contribution in [0.1, 0.15) is 53.1 Å². The predicted molar refractivity (Wildman–Crippen MR) is 94.9 cm³/mol. The first-order valence-corrected chi connectivity index (χ1v) is 8.64. The van der Waals surface area contributed by atoms with Gasteiger partial charge >= 0.3 is 0 Å². The van der Waals surface area contributed by atoms with E-state index in [0.717, 1.165) is 29.7 Å². The van der Waals surface area contributed by atoms with Gasteiger partial charge in [0.2, 0.25) is 5.76 Å². The molecular weight excluding hydrogens is 356 g/mol. The van der Waals surface area contributed by atoms with E-state index in [2.05, 4.69) is 20.3 Å². The molecule has 1 aliphatic carbocycles. The number of fused-ring (bicyclic) bond motifs is 1. The fourth-order valence-corrected chi connectivity index (χ4v) is 2.87. The van der Waals surface area contributed by atoms with E-state index in [0.29, 0.717) is 12.2 Å². The third kappa shape index (κ3) is 3.68. The van der Waals surface area contributed by atoms with Gasteiger partial charge in [0.1, 0.15) is 5.82 Å². The Morgan fingerprint density at radius 2 is 2.15 bits per heavy atom. The van der Waals surface area contributed by atoms with Gasteiger partial charge in [-0.05, 0) is 45.1 Å². The SMILES string of the molecule is CN(C)Cc1nc2ccc(NC(=O)c3oc(C4CC4)nc3C(F)F)cc2[nH]1. The van der Waals surface area contributed by atoms with Crippen LogP contribution in [0.15, 0.2) is 22.6 Å². The van der Waals surface area contributed by atoms with Crippen LogP contribution in [-0.4, -0.2) is 39.9 Å². The maximum Gasteiger partial charge on any atom is 0.293 e. The molecule has 2 heterocycles. The summed E-state index contributed by atoms with van der Waals surface area (Å²) in [6, 6.07) is 5.13. The number of hydrogen-bond donors (Lipinski definition) is 2. The zero-order valence-corrected chi connectivity index (χ0v) is 14.9. The largest absolute Gasteiger partial charge is 0.435 e. The minimum Gasteiger partial charge on any atom is -0.435 e. The van der Waals surface area contributed by atoms with E-state index in [1.807, 2.05) is 19.0 Å². The molecule has 0 bridgehead atoms. The molecule has 1 saturated carbocycles. The molecule has 2 aromatic heterocycles. The maximum atomic E-state index is 13.2. The van der Waals surface area contributed by atoms with Crippen molar-refractivity contribution in [2.24, 2.45) is 0 Å². The minimum absolute atomic E-state index is 0.0421. The third-order valence-electron chi connectivity index (χ3n) is 4.26. The fourth-order valence-electron chi connectivity index (χ4n) is 2.87. The van der Waals surface area contributed by atoms with Gasteiger partial charge in [-0.25, -0.2) is 18.7 Å². The number of carbonyl (C=O) groups is 1. The second-order valence-electron chi connectivity index (χ2n) is 6.95. The van der Waals surface area contributed by atoms with Crippen LogP contribution in [0, 0.1) is 0 Å². The molecule has 1 fully saturated rings. The molecule has 9 heteroatoms. The normalized spacial score (nSPS) is 14.4. The van der Waals surface area contributed by atoms with Crippen molar-refractivity contribution in [2.45, 2.75) is 31.7 Å². The summed E-state index contributed by atoms with van der Waals surface area (Å²) in [6.07, 6.45) is -1.18. The first-order chi connectivity index (χ1) is 12.9. The van der Waals surface area contributed by atoms with Crippen molar-refractivity contribution in [3.05, 3.63) is 41.4 Å². The maximum absolute atomic E-state index is 13.2. The number of aromatic nitrogens is 3. The van der Waals surface area contributed by atoms with E-state index in [1.54, 1.807) is 18.2 Å². The third-order valence-corrected chi connectivity index (χ3v) is 4.26. The Morgan fingerprint density at radius 1 is 1.37 bits per heavy atom. The summed E-state index contributed by atoms with van der Waals surface area (Å²) in [5.41, 5.74) is 1.35. The number of alkyl halides is 2. The van der Waals surface area contributed by atoms with Gasteiger partial charge in [0.05, 0.1) is 17.6 Å². The van der Waals surface area contributed by atoms with Crippen molar-refractivity contribution in [2.75, 3.05) is 19.4 Å². The molecule has 0 spiro atoms. The first-order valence-electron chi connectivity index (χ1n) is 8.64. The molecule has 7 nitrogen and oxygen atoms in total. The summed E-state index contributed by atoms with van der Waals surface area (Å²) < 4.78 is 31.8. The van der Waals surface area contributed by atoms with Gasteiger partial charge in [0, 0.05) is 11.6 Å². The van der Waals surface area contributed by atoms with Crippen LogP contribution < -0.4 is 5.32 Å². The number of carbonyl (C=O) groups excluding carboxylic acids is 1. The molecule has 4 rings (SSSR count). The number of hydrogen-bond acceptors (Lipinski definition) is 5. The average Bonchev–Trinajstić information content (AvgIpc) is 3.21. The van der Waals surface area contributed by atoms with Crippen molar-refractivity contribution in [1.82, 2.24) is 19.9 Å². The molecular formula is C18H19F2N5O2. The molecule has 1 aromatic carbocycles. The Morgan fingerprint density at radius 3 is 2.81 bits per heavy atom. The molecule has 27 heavy (non-hydrogen) atoms. The summed E-state index contributed by atoms with van der Waals surface area (Å²) >= 11 is 0. The van der Waals surface area contributed by atoms with Gasteiger partial charge in [0.25, 0.3) is 12.3 Å². The van der Waals surface area contributed by atoms with Crippen molar-refractivity contribution in [1.29, 1.82) is 0 Å². The monoisotopic (exact) mass is 375 g/mol.